The molecule has 0 aliphatic rings. The smallest absolute Gasteiger partial charge is 0.270 e. The first-order chi connectivity index (χ1) is 12.5. The number of fused-ring (bicyclic) bond motifs is 1. The second-order valence-electron chi connectivity index (χ2n) is 5.79. The summed E-state index contributed by atoms with van der Waals surface area (Å²) in [7, 11) is 0. The second kappa shape index (κ2) is 7.22. The lowest BCUT2D eigenvalue weighted by Gasteiger charge is -2.11. The minimum Gasteiger partial charge on any atom is -0.488 e. The monoisotopic (exact) mass is 355 g/mol. The summed E-state index contributed by atoms with van der Waals surface area (Å²) in [4.78, 5) is 37.8. The summed E-state index contributed by atoms with van der Waals surface area (Å²) in [5.74, 6) is 0.233. The molecule has 0 unspecified atom stereocenters. The summed E-state index contributed by atoms with van der Waals surface area (Å²) in [6.07, 6.45) is 2.27. The Balaban J connectivity index is 1.99. The first-order valence-electron chi connectivity index (χ1n) is 8.12. The number of aromatic nitrogens is 2. The van der Waals surface area contributed by atoms with E-state index in [0.29, 0.717) is 23.2 Å². The molecule has 0 atom stereocenters. The highest BCUT2D eigenvalue weighted by atomic mass is 16.6. The summed E-state index contributed by atoms with van der Waals surface area (Å²) in [5, 5.41) is 11.5. The maximum Gasteiger partial charge on any atom is 0.270 e. The van der Waals surface area contributed by atoms with Gasteiger partial charge < -0.3 is 14.3 Å². The minimum absolute atomic E-state index is 0.0477. The molecule has 8 nitrogen and oxygen atoms in total. The van der Waals surface area contributed by atoms with Crippen molar-refractivity contribution in [2.24, 2.45) is 0 Å². The third-order valence-corrected chi connectivity index (χ3v) is 3.91. The van der Waals surface area contributed by atoms with E-state index in [1.165, 1.54) is 41.1 Å². The van der Waals surface area contributed by atoms with Crippen LogP contribution in [0.1, 0.15) is 19.0 Å². The Bertz CT molecular complexity index is 1080. The molecule has 3 aromatic rings. The van der Waals surface area contributed by atoms with E-state index in [-0.39, 0.29) is 29.0 Å². The molecule has 0 spiro atoms. The standard InChI is InChI=1S/C18H17N3O5/c1-2-7-26-17-10-19-13(9-16(17)22)11-20-15-5-4-14(21(24)25)8-12(15)3-6-18(20)23/h3-6,8-10H,2,7,11H2,1H3,(H,19,22). The van der Waals surface area contributed by atoms with Crippen molar-refractivity contribution in [3.8, 4) is 5.75 Å². The number of nitro groups is 1. The molecule has 2 heterocycles. The van der Waals surface area contributed by atoms with Crippen molar-refractivity contribution in [2.45, 2.75) is 19.9 Å². The molecule has 0 bridgehead atoms. The van der Waals surface area contributed by atoms with Crippen molar-refractivity contribution >= 4 is 16.6 Å². The average Bonchev–Trinajstić information content (AvgIpc) is 2.63. The summed E-state index contributed by atoms with van der Waals surface area (Å²) in [5.41, 5.74) is 0.505. The normalized spacial score (nSPS) is 10.8. The number of hydrogen-bond donors (Lipinski definition) is 1. The van der Waals surface area contributed by atoms with E-state index in [0.717, 1.165) is 6.42 Å². The zero-order chi connectivity index (χ0) is 18.7. The van der Waals surface area contributed by atoms with Crippen molar-refractivity contribution in [3.05, 3.63) is 79.0 Å². The predicted octanol–water partition coefficient (Wildman–Crippen LogP) is 2.44. The zero-order valence-corrected chi connectivity index (χ0v) is 14.1. The van der Waals surface area contributed by atoms with Gasteiger partial charge in [0.05, 0.1) is 23.6 Å². The Morgan fingerprint density at radius 2 is 2.00 bits per heavy atom. The van der Waals surface area contributed by atoms with E-state index in [2.05, 4.69) is 4.98 Å². The SMILES string of the molecule is CCCOc1c[nH]c(Cn2c(=O)ccc3cc([N+](=O)[O-])ccc32)cc1=O. The molecular weight excluding hydrogens is 338 g/mol. The van der Waals surface area contributed by atoms with Gasteiger partial charge in [0.1, 0.15) is 0 Å². The highest BCUT2D eigenvalue weighted by Crippen LogP contribution is 2.20. The quantitative estimate of drug-likeness (QED) is 0.540. The van der Waals surface area contributed by atoms with Gasteiger partial charge in [-0.05, 0) is 18.6 Å². The summed E-state index contributed by atoms with van der Waals surface area (Å²) in [6.45, 7) is 2.53. The van der Waals surface area contributed by atoms with Crippen LogP contribution in [0.2, 0.25) is 0 Å². The third kappa shape index (κ3) is 3.49. The number of benzene rings is 1. The van der Waals surface area contributed by atoms with E-state index in [4.69, 9.17) is 4.74 Å². The molecule has 0 radical (unpaired) electrons. The van der Waals surface area contributed by atoms with Crippen LogP contribution in [-0.4, -0.2) is 21.1 Å². The zero-order valence-electron chi connectivity index (χ0n) is 14.1. The van der Waals surface area contributed by atoms with Gasteiger partial charge in [0.25, 0.3) is 11.2 Å². The van der Waals surface area contributed by atoms with Gasteiger partial charge in [-0.15, -0.1) is 0 Å². The summed E-state index contributed by atoms with van der Waals surface area (Å²) in [6, 6.07) is 8.58. The highest BCUT2D eigenvalue weighted by Gasteiger charge is 2.11. The Labute approximate surface area is 147 Å². The van der Waals surface area contributed by atoms with Gasteiger partial charge in [-0.2, -0.15) is 0 Å². The Kier molecular flexibility index (Phi) is 4.83. The van der Waals surface area contributed by atoms with Crippen LogP contribution in [-0.2, 0) is 6.54 Å². The minimum atomic E-state index is -0.485. The first kappa shape index (κ1) is 17.4. The largest absolute Gasteiger partial charge is 0.488 e. The Morgan fingerprint density at radius 1 is 1.19 bits per heavy atom. The Morgan fingerprint density at radius 3 is 2.69 bits per heavy atom. The number of nitrogens with zero attached hydrogens (tertiary/aromatic N) is 2. The molecule has 0 saturated heterocycles. The van der Waals surface area contributed by atoms with Crippen LogP contribution in [0.15, 0.2) is 52.2 Å². The fraction of sp³-hybridized carbons (Fsp3) is 0.222. The van der Waals surface area contributed by atoms with E-state index in [1.807, 2.05) is 6.92 Å². The van der Waals surface area contributed by atoms with Crippen molar-refractivity contribution in [2.75, 3.05) is 6.61 Å². The van der Waals surface area contributed by atoms with Crippen LogP contribution < -0.4 is 15.7 Å². The summed E-state index contributed by atoms with van der Waals surface area (Å²) < 4.78 is 6.80. The summed E-state index contributed by atoms with van der Waals surface area (Å²) >= 11 is 0. The van der Waals surface area contributed by atoms with Gasteiger partial charge in [0, 0.05) is 41.5 Å². The van der Waals surface area contributed by atoms with E-state index >= 15 is 0 Å². The van der Waals surface area contributed by atoms with Crippen molar-refractivity contribution in [1.82, 2.24) is 9.55 Å². The van der Waals surface area contributed by atoms with Gasteiger partial charge in [-0.3, -0.25) is 19.7 Å². The van der Waals surface area contributed by atoms with Gasteiger partial charge >= 0.3 is 0 Å². The molecule has 26 heavy (non-hydrogen) atoms. The van der Waals surface area contributed by atoms with E-state index in [1.54, 1.807) is 6.07 Å². The van der Waals surface area contributed by atoms with Crippen LogP contribution in [0, 0.1) is 10.1 Å². The van der Waals surface area contributed by atoms with Crippen molar-refractivity contribution < 1.29 is 9.66 Å². The molecule has 1 aromatic carbocycles. The highest BCUT2D eigenvalue weighted by molar-refractivity contribution is 5.81. The number of non-ortho nitro benzene ring substituents is 1. The van der Waals surface area contributed by atoms with Crippen LogP contribution in [0.25, 0.3) is 10.9 Å². The Hall–Kier alpha value is -3.42. The first-order valence-corrected chi connectivity index (χ1v) is 8.12. The molecule has 134 valence electrons. The lowest BCUT2D eigenvalue weighted by molar-refractivity contribution is -0.384. The fourth-order valence-electron chi connectivity index (χ4n) is 2.65. The maximum absolute atomic E-state index is 12.3. The lowest BCUT2D eigenvalue weighted by atomic mass is 10.2. The molecule has 0 saturated carbocycles. The van der Waals surface area contributed by atoms with Gasteiger partial charge in [0.15, 0.2) is 5.75 Å². The van der Waals surface area contributed by atoms with E-state index in [9.17, 15) is 19.7 Å². The molecular formula is C18H17N3O5. The maximum atomic E-state index is 12.3. The number of pyridine rings is 2. The molecule has 3 rings (SSSR count). The average molecular weight is 355 g/mol. The molecule has 0 amide bonds. The van der Waals surface area contributed by atoms with Gasteiger partial charge in [-0.1, -0.05) is 6.92 Å². The predicted molar refractivity (Wildman–Crippen MR) is 96.8 cm³/mol. The molecule has 0 aliphatic heterocycles. The van der Waals surface area contributed by atoms with Gasteiger partial charge in [0.2, 0.25) is 5.43 Å². The third-order valence-electron chi connectivity index (χ3n) is 3.91. The van der Waals surface area contributed by atoms with Crippen LogP contribution >= 0.6 is 0 Å². The number of rotatable bonds is 6. The molecule has 2 aromatic heterocycles. The number of nitro benzene ring substituents is 1. The number of nitrogens with one attached hydrogen (secondary N) is 1. The van der Waals surface area contributed by atoms with Crippen LogP contribution in [0.5, 0.6) is 5.75 Å². The lowest BCUT2D eigenvalue weighted by Crippen LogP contribution is -2.21. The van der Waals surface area contributed by atoms with Gasteiger partial charge in [-0.25, -0.2) is 0 Å². The van der Waals surface area contributed by atoms with Crippen molar-refractivity contribution in [3.63, 3.8) is 0 Å². The van der Waals surface area contributed by atoms with Crippen LogP contribution in [0.3, 0.4) is 0 Å². The number of hydrogen-bond acceptors (Lipinski definition) is 5. The fourth-order valence-corrected chi connectivity index (χ4v) is 2.65. The van der Waals surface area contributed by atoms with E-state index < -0.39 is 4.92 Å². The second-order valence-corrected chi connectivity index (χ2v) is 5.79. The number of H-pyrrole nitrogens is 1. The number of ether oxygens (including phenoxy) is 1. The molecule has 0 aliphatic carbocycles. The number of aromatic amines is 1. The topological polar surface area (TPSA) is 107 Å². The molecule has 0 fully saturated rings. The molecule has 8 heteroatoms. The van der Waals surface area contributed by atoms with Crippen molar-refractivity contribution in [1.29, 1.82) is 0 Å². The van der Waals surface area contributed by atoms with Crippen LogP contribution in [0.4, 0.5) is 5.69 Å². The molecule has 1 N–H and O–H groups in total.